The summed E-state index contributed by atoms with van der Waals surface area (Å²) in [6.45, 7) is 6.49. The van der Waals surface area contributed by atoms with Crippen molar-refractivity contribution in [2.45, 2.75) is 26.2 Å². The van der Waals surface area contributed by atoms with Crippen LogP contribution in [-0.4, -0.2) is 28.2 Å². The third-order valence-corrected chi connectivity index (χ3v) is 4.76. The van der Waals surface area contributed by atoms with Crippen molar-refractivity contribution in [3.63, 3.8) is 0 Å². The van der Waals surface area contributed by atoms with E-state index in [2.05, 4.69) is 30.0 Å². The molecule has 1 aromatic heterocycles. The molecule has 4 nitrogen and oxygen atoms in total. The molecule has 1 heterocycles. The molecule has 0 aliphatic heterocycles. The van der Waals surface area contributed by atoms with Crippen molar-refractivity contribution in [1.82, 2.24) is 15.0 Å². The predicted molar refractivity (Wildman–Crippen MR) is 75.3 cm³/mol. The van der Waals surface area contributed by atoms with E-state index in [1.54, 1.807) is 16.8 Å². The lowest BCUT2D eigenvalue weighted by molar-refractivity contribution is 0.274. The van der Waals surface area contributed by atoms with Gasteiger partial charge < -0.3 is 5.11 Å². The first kappa shape index (κ1) is 13.3. The summed E-state index contributed by atoms with van der Waals surface area (Å²) < 4.78 is 1.68. The second kappa shape index (κ2) is 4.83. The third kappa shape index (κ3) is 2.48. The van der Waals surface area contributed by atoms with Gasteiger partial charge in [-0.05, 0) is 24.3 Å². The fourth-order valence-electron chi connectivity index (χ4n) is 1.82. The molecule has 0 aliphatic carbocycles. The van der Waals surface area contributed by atoms with E-state index >= 15 is 0 Å². The first-order valence-corrected chi connectivity index (χ1v) is 9.63. The Morgan fingerprint density at radius 3 is 2.33 bits per heavy atom. The summed E-state index contributed by atoms with van der Waals surface area (Å²) in [5.41, 5.74) is 1.64. The Hall–Kier alpha value is -1.17. The van der Waals surface area contributed by atoms with Crippen LogP contribution in [0.3, 0.4) is 0 Å². The lowest BCUT2D eigenvalue weighted by Gasteiger charge is -2.14. The fourth-order valence-corrected chi connectivity index (χ4v) is 3.34. The van der Waals surface area contributed by atoms with Crippen LogP contribution in [0.1, 0.15) is 5.69 Å². The highest BCUT2D eigenvalue weighted by Crippen LogP contribution is 2.15. The summed E-state index contributed by atoms with van der Waals surface area (Å²) in [5, 5.41) is 19.6. The summed E-state index contributed by atoms with van der Waals surface area (Å²) in [6, 6.07) is 7.33. The summed E-state index contributed by atoms with van der Waals surface area (Å²) in [7, 11) is -1.60. The van der Waals surface area contributed by atoms with Crippen LogP contribution >= 0.6 is 11.6 Å². The van der Waals surface area contributed by atoms with Crippen molar-refractivity contribution >= 4 is 25.0 Å². The Bertz CT molecular complexity index is 545. The van der Waals surface area contributed by atoms with Gasteiger partial charge in [-0.25, -0.2) is 4.68 Å². The normalized spacial score (nSPS) is 11.8. The molecule has 0 spiro atoms. The van der Waals surface area contributed by atoms with Crippen molar-refractivity contribution in [3.8, 4) is 5.69 Å². The van der Waals surface area contributed by atoms with Crippen LogP contribution in [0.2, 0.25) is 24.7 Å². The average molecular weight is 282 g/mol. The molecule has 0 amide bonds. The Balaban J connectivity index is 2.52. The molecule has 0 fully saturated rings. The minimum atomic E-state index is -1.60. The standard InChI is InChI=1S/C12H16ClN3OSi/c1-18(2,3)12-11(8-17)16(15-14-12)10-6-4-9(13)5-7-10/h4-7,17H,8H2,1-3H3. The van der Waals surface area contributed by atoms with Gasteiger partial charge in [-0.1, -0.05) is 36.5 Å². The number of aliphatic hydroxyl groups excluding tert-OH is 1. The van der Waals surface area contributed by atoms with Gasteiger partial charge in [-0.2, -0.15) is 0 Å². The van der Waals surface area contributed by atoms with E-state index in [0.29, 0.717) is 5.02 Å². The van der Waals surface area contributed by atoms with Crippen LogP contribution in [0, 0.1) is 0 Å². The molecule has 0 radical (unpaired) electrons. The minimum Gasteiger partial charge on any atom is -0.390 e. The highest BCUT2D eigenvalue weighted by Gasteiger charge is 2.26. The number of aliphatic hydroxyl groups is 1. The lowest BCUT2D eigenvalue weighted by atomic mass is 10.3. The van der Waals surface area contributed by atoms with Gasteiger partial charge in [-0.15, -0.1) is 5.10 Å². The van der Waals surface area contributed by atoms with E-state index < -0.39 is 8.07 Å². The van der Waals surface area contributed by atoms with Crippen molar-refractivity contribution in [2.75, 3.05) is 0 Å². The number of hydrogen-bond acceptors (Lipinski definition) is 3. The van der Waals surface area contributed by atoms with Crippen molar-refractivity contribution in [3.05, 3.63) is 35.0 Å². The van der Waals surface area contributed by atoms with E-state index in [1.165, 1.54) is 0 Å². The molecule has 18 heavy (non-hydrogen) atoms. The number of benzene rings is 1. The topological polar surface area (TPSA) is 50.9 Å². The largest absolute Gasteiger partial charge is 0.390 e. The van der Waals surface area contributed by atoms with Gasteiger partial charge in [0.05, 0.1) is 23.3 Å². The Morgan fingerprint density at radius 2 is 1.83 bits per heavy atom. The van der Waals surface area contributed by atoms with Crippen molar-refractivity contribution < 1.29 is 5.11 Å². The molecule has 0 atom stereocenters. The van der Waals surface area contributed by atoms with Crippen molar-refractivity contribution in [1.29, 1.82) is 0 Å². The zero-order valence-corrected chi connectivity index (χ0v) is 12.4. The number of rotatable bonds is 3. The Kier molecular flexibility index (Phi) is 3.56. The maximum absolute atomic E-state index is 9.56. The summed E-state index contributed by atoms with van der Waals surface area (Å²) in [6.07, 6.45) is 0. The van der Waals surface area contributed by atoms with Gasteiger partial charge in [0.15, 0.2) is 0 Å². The zero-order valence-electron chi connectivity index (χ0n) is 10.7. The van der Waals surface area contributed by atoms with Gasteiger partial charge >= 0.3 is 0 Å². The first-order chi connectivity index (χ1) is 8.43. The zero-order chi connectivity index (χ0) is 13.3. The Labute approximate surface area is 112 Å². The van der Waals surface area contributed by atoms with Gasteiger partial charge in [0.2, 0.25) is 0 Å². The fraction of sp³-hybridized carbons (Fsp3) is 0.333. The quantitative estimate of drug-likeness (QED) is 0.875. The smallest absolute Gasteiger partial charge is 0.106 e. The number of halogens is 1. The van der Waals surface area contributed by atoms with E-state index in [4.69, 9.17) is 11.6 Å². The van der Waals surface area contributed by atoms with E-state index in [-0.39, 0.29) is 6.61 Å². The number of nitrogens with zero attached hydrogens (tertiary/aromatic N) is 3. The first-order valence-electron chi connectivity index (χ1n) is 5.75. The lowest BCUT2D eigenvalue weighted by Crippen LogP contribution is -2.41. The van der Waals surface area contributed by atoms with Crippen LogP contribution in [-0.2, 0) is 6.61 Å². The molecule has 0 saturated heterocycles. The van der Waals surface area contributed by atoms with Crippen LogP contribution in [0.25, 0.3) is 5.69 Å². The highest BCUT2D eigenvalue weighted by atomic mass is 35.5. The molecule has 0 saturated carbocycles. The van der Waals surface area contributed by atoms with Gasteiger partial charge in [0.1, 0.15) is 8.07 Å². The van der Waals surface area contributed by atoms with E-state index in [9.17, 15) is 5.11 Å². The van der Waals surface area contributed by atoms with Crippen molar-refractivity contribution in [2.24, 2.45) is 0 Å². The maximum Gasteiger partial charge on any atom is 0.106 e. The highest BCUT2D eigenvalue weighted by molar-refractivity contribution is 6.88. The molecule has 96 valence electrons. The molecule has 6 heteroatoms. The van der Waals surface area contributed by atoms with Crippen LogP contribution in [0.15, 0.2) is 24.3 Å². The molecular weight excluding hydrogens is 266 g/mol. The second-order valence-electron chi connectivity index (χ2n) is 5.18. The van der Waals surface area contributed by atoms with E-state index in [0.717, 1.165) is 16.7 Å². The van der Waals surface area contributed by atoms with Crippen LogP contribution < -0.4 is 5.32 Å². The summed E-state index contributed by atoms with van der Waals surface area (Å²) >= 11 is 5.86. The van der Waals surface area contributed by atoms with Gasteiger partial charge in [0.25, 0.3) is 0 Å². The van der Waals surface area contributed by atoms with Gasteiger partial charge in [0, 0.05) is 5.02 Å². The third-order valence-electron chi connectivity index (χ3n) is 2.69. The molecule has 1 N–H and O–H groups in total. The summed E-state index contributed by atoms with van der Waals surface area (Å²) in [4.78, 5) is 0. The minimum absolute atomic E-state index is 0.0603. The second-order valence-corrected chi connectivity index (χ2v) is 10.6. The van der Waals surface area contributed by atoms with Gasteiger partial charge in [-0.3, -0.25) is 0 Å². The molecule has 0 bridgehead atoms. The van der Waals surface area contributed by atoms with E-state index in [1.807, 2.05) is 12.1 Å². The average Bonchev–Trinajstić information content (AvgIpc) is 2.73. The Morgan fingerprint density at radius 1 is 1.22 bits per heavy atom. The molecule has 1 aromatic carbocycles. The monoisotopic (exact) mass is 281 g/mol. The van der Waals surface area contributed by atoms with Crippen LogP contribution in [0.5, 0.6) is 0 Å². The van der Waals surface area contributed by atoms with Crippen LogP contribution in [0.4, 0.5) is 0 Å². The maximum atomic E-state index is 9.56. The molecule has 0 aliphatic rings. The number of aromatic nitrogens is 3. The SMILES string of the molecule is C[Si](C)(C)c1nnn(-c2ccc(Cl)cc2)c1CO. The summed E-state index contributed by atoms with van der Waals surface area (Å²) in [5.74, 6) is 0. The molecule has 2 aromatic rings. The predicted octanol–water partition coefficient (Wildman–Crippen LogP) is 1.96. The molecule has 2 rings (SSSR count). The molecular formula is C12H16ClN3OSi. The molecule has 0 unspecified atom stereocenters. The number of hydrogen-bond donors (Lipinski definition) is 1.